The number of hydrogen-bond acceptors (Lipinski definition) is 6. The van der Waals surface area contributed by atoms with Crippen LogP contribution in [0.4, 0.5) is 10.5 Å². The molecule has 1 aliphatic rings. The molecule has 0 saturated carbocycles. The van der Waals surface area contributed by atoms with Crippen molar-refractivity contribution in [1.82, 2.24) is 5.32 Å². The van der Waals surface area contributed by atoms with Crippen LogP contribution < -0.4 is 5.32 Å². The van der Waals surface area contributed by atoms with Crippen molar-refractivity contribution in [2.45, 2.75) is 0 Å². The van der Waals surface area contributed by atoms with Gasteiger partial charge in [0, 0.05) is 23.8 Å². The summed E-state index contributed by atoms with van der Waals surface area (Å²) >= 11 is 6.82. The molecule has 3 rings (SSSR count). The van der Waals surface area contributed by atoms with E-state index >= 15 is 0 Å². The van der Waals surface area contributed by atoms with Crippen LogP contribution in [-0.4, -0.2) is 16.1 Å². The standard InChI is InChI=1S/C14H7ClN2O5S/c15-10-3-1-7(17(20)21)5-9(10)11-4-2-8(22-11)6-12-13(18)16-14(19)23-12/h1-6H,(H,16,18,19)/b12-6-. The van der Waals surface area contributed by atoms with Crippen molar-refractivity contribution < 1.29 is 18.9 Å². The third kappa shape index (κ3) is 3.13. The molecule has 1 aromatic carbocycles. The quantitative estimate of drug-likeness (QED) is 0.512. The molecule has 1 fully saturated rings. The molecule has 0 atom stereocenters. The Morgan fingerprint density at radius 2 is 2.04 bits per heavy atom. The van der Waals surface area contributed by atoms with Crippen LogP contribution in [-0.2, 0) is 4.79 Å². The number of benzene rings is 1. The summed E-state index contributed by atoms with van der Waals surface area (Å²) in [7, 11) is 0. The van der Waals surface area contributed by atoms with Crippen LogP contribution in [0.1, 0.15) is 5.76 Å². The Balaban J connectivity index is 1.95. The number of carbonyl (C=O) groups excluding carboxylic acids is 2. The minimum Gasteiger partial charge on any atom is -0.457 e. The number of halogens is 1. The lowest BCUT2D eigenvalue weighted by atomic mass is 10.1. The molecule has 1 aliphatic heterocycles. The molecule has 2 heterocycles. The van der Waals surface area contributed by atoms with Crippen molar-refractivity contribution in [3.63, 3.8) is 0 Å². The first-order chi connectivity index (χ1) is 10.9. The van der Waals surface area contributed by atoms with E-state index in [-0.39, 0.29) is 10.6 Å². The van der Waals surface area contributed by atoms with Crippen LogP contribution in [0.15, 0.2) is 39.7 Å². The highest BCUT2D eigenvalue weighted by atomic mass is 35.5. The van der Waals surface area contributed by atoms with Gasteiger partial charge in [0.15, 0.2) is 0 Å². The van der Waals surface area contributed by atoms with E-state index in [0.29, 0.717) is 22.1 Å². The topological polar surface area (TPSA) is 102 Å². The summed E-state index contributed by atoms with van der Waals surface area (Å²) in [5, 5.41) is 12.8. The average molecular weight is 351 g/mol. The number of thioether (sulfide) groups is 1. The van der Waals surface area contributed by atoms with Crippen molar-refractivity contribution >= 4 is 46.3 Å². The van der Waals surface area contributed by atoms with Gasteiger partial charge in [-0.3, -0.25) is 25.0 Å². The number of nitrogens with one attached hydrogen (secondary N) is 1. The molecular formula is C14H7ClN2O5S. The molecule has 116 valence electrons. The van der Waals surface area contributed by atoms with Gasteiger partial charge in [-0.1, -0.05) is 11.6 Å². The molecule has 2 aromatic rings. The second-order valence-corrected chi connectivity index (χ2v) is 5.90. The van der Waals surface area contributed by atoms with Crippen molar-refractivity contribution in [2.24, 2.45) is 0 Å². The number of hydrogen-bond donors (Lipinski definition) is 1. The molecule has 0 spiro atoms. The Bertz CT molecular complexity index is 874. The number of rotatable bonds is 3. The summed E-state index contributed by atoms with van der Waals surface area (Å²) in [5.74, 6) is 0.154. The number of amides is 2. The third-order valence-electron chi connectivity index (χ3n) is 2.97. The Morgan fingerprint density at radius 1 is 1.26 bits per heavy atom. The lowest BCUT2D eigenvalue weighted by molar-refractivity contribution is -0.384. The number of non-ortho nitro benzene ring substituents is 1. The zero-order valence-electron chi connectivity index (χ0n) is 11.2. The van der Waals surface area contributed by atoms with Crippen LogP contribution in [0.25, 0.3) is 17.4 Å². The Kier molecular flexibility index (Phi) is 3.93. The molecule has 1 N–H and O–H groups in total. The molecule has 0 unspecified atom stereocenters. The van der Waals surface area contributed by atoms with Gasteiger partial charge < -0.3 is 4.42 Å². The van der Waals surface area contributed by atoms with Gasteiger partial charge in [-0.2, -0.15) is 0 Å². The van der Waals surface area contributed by atoms with Crippen LogP contribution in [0, 0.1) is 10.1 Å². The zero-order valence-corrected chi connectivity index (χ0v) is 12.8. The third-order valence-corrected chi connectivity index (χ3v) is 4.11. The summed E-state index contributed by atoms with van der Waals surface area (Å²) in [6, 6.07) is 7.17. The van der Waals surface area contributed by atoms with Gasteiger partial charge in [-0.05, 0) is 30.0 Å². The summed E-state index contributed by atoms with van der Waals surface area (Å²) in [4.78, 5) is 33.1. The molecule has 23 heavy (non-hydrogen) atoms. The number of nitro groups is 1. The van der Waals surface area contributed by atoms with Crippen molar-refractivity contribution in [1.29, 1.82) is 0 Å². The van der Waals surface area contributed by atoms with Crippen molar-refractivity contribution in [3.8, 4) is 11.3 Å². The molecule has 0 radical (unpaired) electrons. The molecule has 7 nitrogen and oxygen atoms in total. The second-order valence-electron chi connectivity index (χ2n) is 4.48. The maximum atomic E-state index is 11.5. The van der Waals surface area contributed by atoms with Gasteiger partial charge in [0.05, 0.1) is 14.9 Å². The number of furan rings is 1. The molecule has 1 saturated heterocycles. The molecule has 2 amide bonds. The predicted octanol–water partition coefficient (Wildman–Crippen LogP) is 3.83. The normalized spacial score (nSPS) is 16.0. The molecular weight excluding hydrogens is 344 g/mol. The van der Waals surface area contributed by atoms with Crippen LogP contribution in [0.3, 0.4) is 0 Å². The SMILES string of the molecule is O=C1NC(=O)/C(=C/c2ccc(-c3cc([N+](=O)[O-])ccc3Cl)o2)S1. The Hall–Kier alpha value is -2.58. The summed E-state index contributed by atoms with van der Waals surface area (Å²) < 4.78 is 5.54. The maximum Gasteiger partial charge on any atom is 0.290 e. The van der Waals surface area contributed by atoms with E-state index in [9.17, 15) is 19.7 Å². The lowest BCUT2D eigenvalue weighted by Gasteiger charge is -2.00. The van der Waals surface area contributed by atoms with Gasteiger partial charge >= 0.3 is 0 Å². The van der Waals surface area contributed by atoms with Gasteiger partial charge in [-0.25, -0.2) is 0 Å². The van der Waals surface area contributed by atoms with Gasteiger partial charge in [-0.15, -0.1) is 0 Å². The van der Waals surface area contributed by atoms with E-state index in [1.807, 2.05) is 0 Å². The molecule has 0 bridgehead atoms. The smallest absolute Gasteiger partial charge is 0.290 e. The van der Waals surface area contributed by atoms with Gasteiger partial charge in [0.2, 0.25) is 0 Å². The fourth-order valence-electron chi connectivity index (χ4n) is 1.94. The molecule has 1 aromatic heterocycles. The van der Waals surface area contributed by atoms with Crippen LogP contribution >= 0.6 is 23.4 Å². The monoisotopic (exact) mass is 350 g/mol. The first kappa shape index (κ1) is 15.3. The fourth-order valence-corrected chi connectivity index (χ4v) is 2.81. The van der Waals surface area contributed by atoms with Gasteiger partial charge in [0.1, 0.15) is 11.5 Å². The van der Waals surface area contributed by atoms with Crippen molar-refractivity contribution in [2.75, 3.05) is 0 Å². The molecule has 0 aliphatic carbocycles. The first-order valence-corrected chi connectivity index (χ1v) is 7.42. The highest BCUT2D eigenvalue weighted by Crippen LogP contribution is 2.34. The number of nitrogens with zero attached hydrogens (tertiary/aromatic N) is 1. The van der Waals surface area contributed by atoms with E-state index in [2.05, 4.69) is 5.32 Å². The molecule has 9 heteroatoms. The highest BCUT2D eigenvalue weighted by molar-refractivity contribution is 8.18. The average Bonchev–Trinajstić information content (AvgIpc) is 3.06. The van der Waals surface area contributed by atoms with Gasteiger partial charge in [0.25, 0.3) is 16.8 Å². The number of imide groups is 1. The lowest BCUT2D eigenvalue weighted by Crippen LogP contribution is -2.17. The minimum atomic E-state index is -0.531. The van der Waals surface area contributed by atoms with E-state index in [1.54, 1.807) is 12.1 Å². The van der Waals surface area contributed by atoms with E-state index in [0.717, 1.165) is 11.8 Å². The van der Waals surface area contributed by atoms with E-state index in [4.69, 9.17) is 16.0 Å². The minimum absolute atomic E-state index is 0.114. The Morgan fingerprint density at radius 3 is 2.70 bits per heavy atom. The van der Waals surface area contributed by atoms with Crippen molar-refractivity contribution in [3.05, 3.63) is 56.1 Å². The summed E-state index contributed by atoms with van der Waals surface area (Å²) in [6.07, 6.45) is 1.42. The second kappa shape index (κ2) is 5.90. The largest absolute Gasteiger partial charge is 0.457 e. The fraction of sp³-hybridized carbons (Fsp3) is 0. The number of nitro benzene ring substituents is 1. The first-order valence-electron chi connectivity index (χ1n) is 6.23. The van der Waals surface area contributed by atoms with Crippen LogP contribution in [0.2, 0.25) is 5.02 Å². The summed E-state index contributed by atoms with van der Waals surface area (Å²) in [5.41, 5.74) is 0.252. The highest BCUT2D eigenvalue weighted by Gasteiger charge is 2.25. The van der Waals surface area contributed by atoms with Crippen LogP contribution in [0.5, 0.6) is 0 Å². The van der Waals surface area contributed by atoms with E-state index < -0.39 is 16.1 Å². The summed E-state index contributed by atoms with van der Waals surface area (Å²) in [6.45, 7) is 0. The maximum absolute atomic E-state index is 11.5. The number of carbonyl (C=O) groups is 2. The Labute approximate surface area is 138 Å². The predicted molar refractivity (Wildman–Crippen MR) is 84.9 cm³/mol. The van der Waals surface area contributed by atoms with E-state index in [1.165, 1.54) is 24.3 Å². The zero-order chi connectivity index (χ0) is 16.6.